The molecule has 0 spiro atoms. The molecule has 2 aromatic rings. The van der Waals surface area contributed by atoms with E-state index < -0.39 is 23.7 Å². The van der Waals surface area contributed by atoms with E-state index >= 15 is 0 Å². The van der Waals surface area contributed by atoms with Crippen molar-refractivity contribution in [2.24, 2.45) is 11.8 Å². The Morgan fingerprint density at radius 3 is 2.32 bits per heavy atom. The highest BCUT2D eigenvalue weighted by Crippen LogP contribution is 2.48. The largest absolute Gasteiger partial charge is 0.292 e. The molecule has 3 saturated heterocycles. The molecule has 0 saturated carbocycles. The first-order valence-corrected chi connectivity index (χ1v) is 9.56. The summed E-state index contributed by atoms with van der Waals surface area (Å²) in [6.07, 6.45) is 1.71. The van der Waals surface area contributed by atoms with Crippen LogP contribution in [-0.2, 0) is 9.59 Å². The molecule has 0 aliphatic carbocycles. The van der Waals surface area contributed by atoms with Crippen LogP contribution < -0.4 is 4.90 Å². The van der Waals surface area contributed by atoms with Crippen LogP contribution in [0.1, 0.15) is 23.2 Å². The summed E-state index contributed by atoms with van der Waals surface area (Å²) < 4.78 is 13.3. The van der Waals surface area contributed by atoms with Gasteiger partial charge in [0, 0.05) is 11.6 Å². The van der Waals surface area contributed by atoms with E-state index in [1.807, 2.05) is 6.07 Å². The fraction of sp³-hybridized carbons (Fsp3) is 0.318. The van der Waals surface area contributed by atoms with E-state index in [-0.39, 0.29) is 23.6 Å². The van der Waals surface area contributed by atoms with E-state index in [9.17, 15) is 18.8 Å². The van der Waals surface area contributed by atoms with Crippen molar-refractivity contribution in [2.75, 3.05) is 11.4 Å². The molecular formula is C22H19FN2O3. The van der Waals surface area contributed by atoms with E-state index in [0.717, 1.165) is 24.3 Å². The standard InChI is InChI=1S/C22H19FN2O3/c23-14-8-10-15(11-9-14)25-21(27)17-16-7-4-12-24(16)19(18(17)22(25)28)20(26)13-5-2-1-3-6-13/h1-3,5-6,8-11,16-19H,4,7,12H2/t16-,17+,18-,19+/m1/s1. The van der Waals surface area contributed by atoms with Crippen molar-refractivity contribution in [1.82, 2.24) is 4.90 Å². The number of rotatable bonds is 3. The molecule has 4 atom stereocenters. The number of nitrogens with zero attached hydrogens (tertiary/aromatic N) is 2. The van der Waals surface area contributed by atoms with Crippen LogP contribution in [0.15, 0.2) is 54.6 Å². The maximum atomic E-state index is 13.3. The molecule has 0 bridgehead atoms. The molecule has 6 heteroatoms. The Morgan fingerprint density at radius 1 is 0.929 bits per heavy atom. The van der Waals surface area contributed by atoms with E-state index in [1.54, 1.807) is 24.3 Å². The maximum absolute atomic E-state index is 13.3. The summed E-state index contributed by atoms with van der Waals surface area (Å²) in [6, 6.07) is 13.6. The Balaban J connectivity index is 1.55. The van der Waals surface area contributed by atoms with Crippen LogP contribution in [0.4, 0.5) is 10.1 Å². The fourth-order valence-electron chi connectivity index (χ4n) is 5.13. The summed E-state index contributed by atoms with van der Waals surface area (Å²) in [4.78, 5) is 43.0. The summed E-state index contributed by atoms with van der Waals surface area (Å²) in [5, 5.41) is 0. The van der Waals surface area contributed by atoms with Gasteiger partial charge in [-0.3, -0.25) is 19.3 Å². The summed E-state index contributed by atoms with van der Waals surface area (Å²) in [5.41, 5.74) is 0.917. The van der Waals surface area contributed by atoms with Gasteiger partial charge < -0.3 is 0 Å². The van der Waals surface area contributed by atoms with E-state index in [1.165, 1.54) is 24.3 Å². The minimum Gasteiger partial charge on any atom is -0.292 e. The lowest BCUT2D eigenvalue weighted by molar-refractivity contribution is -0.123. The molecule has 0 unspecified atom stereocenters. The number of carbonyl (C=O) groups is 3. The molecule has 28 heavy (non-hydrogen) atoms. The quantitative estimate of drug-likeness (QED) is 0.609. The van der Waals surface area contributed by atoms with Gasteiger partial charge in [-0.15, -0.1) is 0 Å². The number of imide groups is 1. The van der Waals surface area contributed by atoms with Gasteiger partial charge in [0.2, 0.25) is 11.8 Å². The van der Waals surface area contributed by atoms with E-state index in [2.05, 4.69) is 4.90 Å². The third kappa shape index (κ3) is 2.37. The second kappa shape index (κ2) is 6.34. The first kappa shape index (κ1) is 17.3. The molecule has 3 aliphatic rings. The van der Waals surface area contributed by atoms with Gasteiger partial charge in [0.25, 0.3) is 0 Å². The lowest BCUT2D eigenvalue weighted by Crippen LogP contribution is -2.46. The number of amides is 2. The highest BCUT2D eigenvalue weighted by molar-refractivity contribution is 6.24. The third-order valence-corrected chi connectivity index (χ3v) is 6.26. The van der Waals surface area contributed by atoms with Crippen molar-refractivity contribution in [2.45, 2.75) is 24.9 Å². The zero-order valence-corrected chi connectivity index (χ0v) is 15.1. The predicted molar refractivity (Wildman–Crippen MR) is 100 cm³/mol. The summed E-state index contributed by atoms with van der Waals surface area (Å²) in [5.74, 6) is -2.37. The molecule has 142 valence electrons. The van der Waals surface area contributed by atoms with Crippen molar-refractivity contribution >= 4 is 23.3 Å². The predicted octanol–water partition coefficient (Wildman–Crippen LogP) is 2.66. The molecule has 3 heterocycles. The number of ketones is 1. The van der Waals surface area contributed by atoms with Gasteiger partial charge in [-0.25, -0.2) is 9.29 Å². The molecular weight excluding hydrogens is 359 g/mol. The van der Waals surface area contributed by atoms with Crippen molar-refractivity contribution in [3.8, 4) is 0 Å². The number of fused-ring (bicyclic) bond motifs is 3. The number of benzene rings is 2. The van der Waals surface area contributed by atoms with Crippen LogP contribution in [0.2, 0.25) is 0 Å². The monoisotopic (exact) mass is 378 g/mol. The fourth-order valence-corrected chi connectivity index (χ4v) is 5.13. The number of Topliss-reactive ketones (excluding diaryl/α,β-unsaturated/α-hetero) is 1. The van der Waals surface area contributed by atoms with Crippen LogP contribution in [0.3, 0.4) is 0 Å². The number of carbonyl (C=O) groups excluding carboxylic acids is 3. The lowest BCUT2D eigenvalue weighted by Gasteiger charge is -2.27. The molecule has 2 aromatic carbocycles. The van der Waals surface area contributed by atoms with Crippen LogP contribution in [0.25, 0.3) is 0 Å². The minimum atomic E-state index is -0.685. The Hall–Kier alpha value is -2.86. The molecule has 0 N–H and O–H groups in total. The number of hydrogen-bond acceptors (Lipinski definition) is 4. The van der Waals surface area contributed by atoms with Crippen LogP contribution in [0.5, 0.6) is 0 Å². The summed E-state index contributed by atoms with van der Waals surface area (Å²) in [6.45, 7) is 0.720. The van der Waals surface area contributed by atoms with E-state index in [4.69, 9.17) is 0 Å². The number of hydrogen-bond donors (Lipinski definition) is 0. The zero-order valence-electron chi connectivity index (χ0n) is 15.1. The van der Waals surface area contributed by atoms with Gasteiger partial charge in [0.15, 0.2) is 5.78 Å². The molecule has 0 aromatic heterocycles. The van der Waals surface area contributed by atoms with Gasteiger partial charge in [-0.05, 0) is 43.7 Å². The van der Waals surface area contributed by atoms with Crippen LogP contribution in [-0.4, -0.2) is 41.1 Å². The smallest absolute Gasteiger partial charge is 0.239 e. The Bertz CT molecular complexity index is 960. The molecule has 3 fully saturated rings. The second-order valence-electron chi connectivity index (χ2n) is 7.66. The van der Waals surface area contributed by atoms with Gasteiger partial charge in [-0.2, -0.15) is 0 Å². The molecule has 2 amide bonds. The highest BCUT2D eigenvalue weighted by Gasteiger charge is 2.64. The van der Waals surface area contributed by atoms with Gasteiger partial charge in [0.05, 0.1) is 23.6 Å². The van der Waals surface area contributed by atoms with Crippen molar-refractivity contribution < 1.29 is 18.8 Å². The molecule has 5 rings (SSSR count). The normalized spacial score (nSPS) is 29.2. The Labute approximate surface area is 161 Å². The van der Waals surface area contributed by atoms with Crippen LogP contribution in [0, 0.1) is 17.7 Å². The first-order chi connectivity index (χ1) is 13.6. The average Bonchev–Trinajstić information content (AvgIpc) is 3.35. The molecule has 3 aliphatic heterocycles. The van der Waals surface area contributed by atoms with Gasteiger partial charge in [-0.1, -0.05) is 30.3 Å². The SMILES string of the molecule is O=C(c1ccccc1)[C@@H]1[C@@H]2C(=O)N(c3ccc(F)cc3)C(=O)[C@H]2[C@H]2CCCN21. The third-order valence-electron chi connectivity index (χ3n) is 6.26. The second-order valence-corrected chi connectivity index (χ2v) is 7.66. The van der Waals surface area contributed by atoms with Crippen molar-refractivity contribution in [3.05, 3.63) is 66.0 Å². The number of anilines is 1. The molecule has 5 nitrogen and oxygen atoms in total. The Morgan fingerprint density at radius 2 is 1.61 bits per heavy atom. The molecule has 0 radical (unpaired) electrons. The Kier molecular flexibility index (Phi) is 3.91. The zero-order chi connectivity index (χ0) is 19.4. The maximum Gasteiger partial charge on any atom is 0.239 e. The first-order valence-electron chi connectivity index (χ1n) is 9.56. The van der Waals surface area contributed by atoms with Gasteiger partial charge >= 0.3 is 0 Å². The summed E-state index contributed by atoms with van der Waals surface area (Å²) >= 11 is 0. The number of halogens is 1. The van der Waals surface area contributed by atoms with E-state index in [0.29, 0.717) is 11.3 Å². The van der Waals surface area contributed by atoms with Crippen LogP contribution >= 0.6 is 0 Å². The van der Waals surface area contributed by atoms with Crippen molar-refractivity contribution in [1.29, 1.82) is 0 Å². The highest BCUT2D eigenvalue weighted by atomic mass is 19.1. The van der Waals surface area contributed by atoms with Gasteiger partial charge in [0.1, 0.15) is 5.82 Å². The summed E-state index contributed by atoms with van der Waals surface area (Å²) in [7, 11) is 0. The minimum absolute atomic E-state index is 0.0930. The topological polar surface area (TPSA) is 57.7 Å². The average molecular weight is 378 g/mol. The van der Waals surface area contributed by atoms with Crippen molar-refractivity contribution in [3.63, 3.8) is 0 Å². The lowest BCUT2D eigenvalue weighted by atomic mass is 9.85.